The van der Waals surface area contributed by atoms with E-state index in [1.165, 1.54) is 5.56 Å². The van der Waals surface area contributed by atoms with Crippen molar-refractivity contribution in [2.75, 3.05) is 38.6 Å². The van der Waals surface area contributed by atoms with Gasteiger partial charge in [0.1, 0.15) is 0 Å². The third-order valence-electron chi connectivity index (χ3n) is 5.27. The molecule has 1 aromatic heterocycles. The van der Waals surface area contributed by atoms with Crippen molar-refractivity contribution >= 4 is 36.4 Å². The normalized spacial score (nSPS) is 12.9. The lowest BCUT2D eigenvalue weighted by Gasteiger charge is -2.27. The summed E-state index contributed by atoms with van der Waals surface area (Å²) in [5.41, 5.74) is 4.28. The first-order valence-electron chi connectivity index (χ1n) is 10.6. The molecule has 2 aromatic carbocycles. The van der Waals surface area contributed by atoms with E-state index in [0.717, 1.165) is 49.5 Å². The SMILES string of the molecule is COc1cc(C#Cc2ccc(NC(=O)c3ccc(CN4CCNCC4)cc3)cc2)ccn1.Cl.Cl. The number of pyridine rings is 1. The summed E-state index contributed by atoms with van der Waals surface area (Å²) in [6, 6.07) is 18.9. The van der Waals surface area contributed by atoms with Crippen LogP contribution in [0.1, 0.15) is 27.0 Å². The summed E-state index contributed by atoms with van der Waals surface area (Å²) in [6.07, 6.45) is 1.67. The Labute approximate surface area is 212 Å². The summed E-state index contributed by atoms with van der Waals surface area (Å²) in [6.45, 7) is 5.09. The molecule has 1 aliphatic heterocycles. The van der Waals surface area contributed by atoms with Crippen molar-refractivity contribution in [1.82, 2.24) is 15.2 Å². The number of nitrogens with zero attached hydrogens (tertiary/aromatic N) is 2. The summed E-state index contributed by atoms with van der Waals surface area (Å²) in [5.74, 6) is 6.61. The van der Waals surface area contributed by atoms with Crippen LogP contribution in [0.25, 0.3) is 0 Å². The van der Waals surface area contributed by atoms with Gasteiger partial charge in [-0.25, -0.2) is 4.98 Å². The van der Waals surface area contributed by atoms with E-state index in [-0.39, 0.29) is 30.7 Å². The van der Waals surface area contributed by atoms with E-state index < -0.39 is 0 Å². The first-order valence-corrected chi connectivity index (χ1v) is 10.6. The van der Waals surface area contributed by atoms with Crippen LogP contribution in [0.3, 0.4) is 0 Å². The minimum absolute atomic E-state index is 0. The lowest BCUT2D eigenvalue weighted by Crippen LogP contribution is -2.42. The van der Waals surface area contributed by atoms with Gasteiger partial charge < -0.3 is 15.4 Å². The highest BCUT2D eigenvalue weighted by Crippen LogP contribution is 2.13. The van der Waals surface area contributed by atoms with Crippen LogP contribution >= 0.6 is 24.8 Å². The van der Waals surface area contributed by atoms with Gasteiger partial charge in [-0.15, -0.1) is 24.8 Å². The van der Waals surface area contributed by atoms with Crippen molar-refractivity contribution in [3.8, 4) is 17.7 Å². The van der Waals surface area contributed by atoms with Crippen molar-refractivity contribution in [2.24, 2.45) is 0 Å². The molecule has 1 saturated heterocycles. The highest BCUT2D eigenvalue weighted by molar-refractivity contribution is 6.04. The quantitative estimate of drug-likeness (QED) is 0.520. The molecular weight excluding hydrogens is 471 g/mol. The van der Waals surface area contributed by atoms with Crippen molar-refractivity contribution in [3.05, 3.63) is 89.1 Å². The van der Waals surface area contributed by atoms with Crippen LogP contribution in [-0.4, -0.2) is 49.1 Å². The highest BCUT2D eigenvalue weighted by Gasteiger charge is 2.11. The van der Waals surface area contributed by atoms with Crippen LogP contribution in [0, 0.1) is 11.8 Å². The predicted molar refractivity (Wildman–Crippen MR) is 140 cm³/mol. The Hall–Kier alpha value is -3.08. The predicted octanol–water partition coefficient (Wildman–Crippen LogP) is 3.99. The number of aromatic nitrogens is 1. The Balaban J connectivity index is 0.00000204. The van der Waals surface area contributed by atoms with Gasteiger partial charge in [0.05, 0.1) is 7.11 Å². The van der Waals surface area contributed by atoms with Gasteiger partial charge >= 0.3 is 0 Å². The zero-order valence-electron chi connectivity index (χ0n) is 18.9. The van der Waals surface area contributed by atoms with E-state index in [1.807, 2.05) is 54.6 Å². The van der Waals surface area contributed by atoms with Gasteiger partial charge in [-0.2, -0.15) is 0 Å². The van der Waals surface area contributed by atoms with Gasteiger partial charge in [0.15, 0.2) is 0 Å². The van der Waals surface area contributed by atoms with Gasteiger partial charge in [-0.05, 0) is 48.0 Å². The molecule has 0 radical (unpaired) electrons. The summed E-state index contributed by atoms with van der Waals surface area (Å²) in [7, 11) is 1.58. The van der Waals surface area contributed by atoms with E-state index in [1.54, 1.807) is 19.4 Å². The molecule has 0 saturated carbocycles. The zero-order valence-corrected chi connectivity index (χ0v) is 20.5. The van der Waals surface area contributed by atoms with Gasteiger partial charge in [0.25, 0.3) is 5.91 Å². The number of methoxy groups -OCH3 is 1. The fourth-order valence-electron chi connectivity index (χ4n) is 3.47. The number of hydrogen-bond donors (Lipinski definition) is 2. The van der Waals surface area contributed by atoms with Gasteiger partial charge in [0, 0.05) is 67.4 Å². The monoisotopic (exact) mass is 498 g/mol. The Bertz CT molecular complexity index is 1120. The number of halogens is 2. The van der Waals surface area contributed by atoms with Crippen LogP contribution in [0.4, 0.5) is 5.69 Å². The number of carbonyl (C=O) groups excluding carboxylic acids is 1. The lowest BCUT2D eigenvalue weighted by molar-refractivity contribution is 0.102. The molecule has 4 rings (SSSR count). The molecule has 0 atom stereocenters. The first kappa shape index (κ1) is 27.2. The molecule has 6 nitrogen and oxygen atoms in total. The Morgan fingerprint density at radius 2 is 1.68 bits per heavy atom. The molecule has 0 unspecified atom stereocenters. The Kier molecular flexibility index (Phi) is 10.9. The number of nitrogens with one attached hydrogen (secondary N) is 2. The molecule has 1 aliphatic rings. The van der Waals surface area contributed by atoms with Gasteiger partial charge in [0.2, 0.25) is 5.88 Å². The molecule has 0 aliphatic carbocycles. The van der Waals surface area contributed by atoms with E-state index in [9.17, 15) is 4.79 Å². The molecule has 0 spiro atoms. The molecule has 2 N–H and O–H groups in total. The number of benzene rings is 2. The van der Waals surface area contributed by atoms with Gasteiger partial charge in [-0.3, -0.25) is 9.69 Å². The number of hydrogen-bond acceptors (Lipinski definition) is 5. The van der Waals surface area contributed by atoms with Crippen molar-refractivity contribution in [3.63, 3.8) is 0 Å². The van der Waals surface area contributed by atoms with Crippen molar-refractivity contribution < 1.29 is 9.53 Å². The second-order valence-corrected chi connectivity index (χ2v) is 7.59. The van der Waals surface area contributed by atoms with Crippen LogP contribution in [0.2, 0.25) is 0 Å². The third-order valence-corrected chi connectivity index (χ3v) is 5.27. The fourth-order valence-corrected chi connectivity index (χ4v) is 3.47. The molecule has 3 aromatic rings. The molecule has 1 amide bonds. The van der Waals surface area contributed by atoms with E-state index in [2.05, 4.69) is 32.4 Å². The minimum atomic E-state index is -0.124. The molecule has 34 heavy (non-hydrogen) atoms. The van der Waals surface area contributed by atoms with Crippen LogP contribution in [-0.2, 0) is 6.54 Å². The molecule has 1 fully saturated rings. The maximum Gasteiger partial charge on any atom is 0.255 e. The van der Waals surface area contributed by atoms with Crippen molar-refractivity contribution in [2.45, 2.75) is 6.54 Å². The second kappa shape index (κ2) is 13.6. The van der Waals surface area contributed by atoms with E-state index >= 15 is 0 Å². The molecule has 2 heterocycles. The summed E-state index contributed by atoms with van der Waals surface area (Å²) < 4.78 is 5.11. The number of carbonyl (C=O) groups is 1. The molecular formula is C26H28Cl2N4O2. The number of amides is 1. The Morgan fingerprint density at radius 1 is 1.00 bits per heavy atom. The number of piperazine rings is 1. The zero-order chi connectivity index (χ0) is 22.2. The molecule has 178 valence electrons. The average Bonchev–Trinajstić information content (AvgIpc) is 2.85. The maximum atomic E-state index is 12.6. The smallest absolute Gasteiger partial charge is 0.255 e. The van der Waals surface area contributed by atoms with Crippen LogP contribution < -0.4 is 15.4 Å². The fraction of sp³-hybridized carbons (Fsp3) is 0.231. The number of anilines is 1. The van der Waals surface area contributed by atoms with E-state index in [4.69, 9.17) is 4.74 Å². The summed E-state index contributed by atoms with van der Waals surface area (Å²) in [5, 5.41) is 6.31. The average molecular weight is 499 g/mol. The maximum absolute atomic E-state index is 12.6. The van der Waals surface area contributed by atoms with E-state index in [0.29, 0.717) is 11.4 Å². The third kappa shape index (κ3) is 7.75. The van der Waals surface area contributed by atoms with Crippen LogP contribution in [0.5, 0.6) is 5.88 Å². The standard InChI is InChI=1S/C26H26N4O2.2ClH/c1-32-25-18-21(12-13-28-25)3-2-20-6-10-24(11-7-20)29-26(31)23-8-4-22(5-9-23)19-30-16-14-27-15-17-30;;/h4-13,18,27H,14-17,19H2,1H3,(H,29,31);2*1H. The molecule has 0 bridgehead atoms. The van der Waals surface area contributed by atoms with Crippen molar-refractivity contribution in [1.29, 1.82) is 0 Å². The summed E-state index contributed by atoms with van der Waals surface area (Å²) >= 11 is 0. The second-order valence-electron chi connectivity index (χ2n) is 7.59. The minimum Gasteiger partial charge on any atom is -0.481 e. The first-order chi connectivity index (χ1) is 15.7. The topological polar surface area (TPSA) is 66.5 Å². The number of rotatable bonds is 5. The van der Waals surface area contributed by atoms with Gasteiger partial charge in [-0.1, -0.05) is 24.0 Å². The highest BCUT2D eigenvalue weighted by atomic mass is 35.5. The lowest BCUT2D eigenvalue weighted by atomic mass is 10.1. The largest absolute Gasteiger partial charge is 0.481 e. The molecule has 8 heteroatoms. The number of ether oxygens (including phenoxy) is 1. The Morgan fingerprint density at radius 3 is 2.35 bits per heavy atom. The summed E-state index contributed by atoms with van der Waals surface area (Å²) in [4.78, 5) is 19.1. The van der Waals surface area contributed by atoms with Crippen LogP contribution in [0.15, 0.2) is 66.9 Å².